The summed E-state index contributed by atoms with van der Waals surface area (Å²) in [6, 6.07) is 16.3. The highest BCUT2D eigenvalue weighted by molar-refractivity contribution is 7.15. The van der Waals surface area contributed by atoms with Crippen molar-refractivity contribution >= 4 is 56.1 Å². The van der Waals surface area contributed by atoms with Crippen LogP contribution in [-0.2, 0) is 31.9 Å². The predicted molar refractivity (Wildman–Crippen MR) is 187 cm³/mol. The van der Waals surface area contributed by atoms with Crippen molar-refractivity contribution in [1.29, 1.82) is 0 Å². The first-order valence-electron chi connectivity index (χ1n) is 16.7. The molecule has 1 saturated carbocycles. The number of hydrogen-bond acceptors (Lipinski definition) is 12. The largest absolute Gasteiger partial charge is 0.378 e. The van der Waals surface area contributed by atoms with Crippen molar-refractivity contribution in [1.82, 2.24) is 20.4 Å². The van der Waals surface area contributed by atoms with Gasteiger partial charge < -0.3 is 29.9 Å². The van der Waals surface area contributed by atoms with E-state index in [1.165, 1.54) is 22.7 Å². The average molecular weight is 689 g/mol. The molecule has 14 heteroatoms. The van der Waals surface area contributed by atoms with E-state index in [9.17, 15) is 9.59 Å². The summed E-state index contributed by atoms with van der Waals surface area (Å²) in [7, 11) is 0. The third-order valence-electron chi connectivity index (χ3n) is 9.10. The van der Waals surface area contributed by atoms with Crippen LogP contribution in [0.2, 0.25) is 0 Å². The SMILES string of the molecule is O=C(Cc1ccc(N2CCOCC2)cc1)Nc1nnc(C2CCCC(c3nnc(NC(=O)Cc4ccc(N5CCOCC5)cc4)s3)C2)s1. The second kappa shape index (κ2) is 15.5. The number of rotatable bonds is 10. The molecule has 252 valence electrons. The van der Waals surface area contributed by atoms with Crippen LogP contribution in [0.25, 0.3) is 0 Å². The van der Waals surface area contributed by atoms with Crippen LogP contribution in [0.3, 0.4) is 0 Å². The molecular weight excluding hydrogens is 649 g/mol. The van der Waals surface area contributed by atoms with Gasteiger partial charge in [-0.15, -0.1) is 20.4 Å². The number of anilines is 4. The van der Waals surface area contributed by atoms with Gasteiger partial charge >= 0.3 is 0 Å². The fourth-order valence-electron chi connectivity index (χ4n) is 6.53. The monoisotopic (exact) mass is 688 g/mol. The van der Waals surface area contributed by atoms with Crippen molar-refractivity contribution in [3.63, 3.8) is 0 Å². The minimum absolute atomic E-state index is 0.105. The number of benzene rings is 2. The van der Waals surface area contributed by atoms with Crippen molar-refractivity contribution in [2.24, 2.45) is 0 Å². The van der Waals surface area contributed by atoms with Crippen LogP contribution >= 0.6 is 22.7 Å². The Kier molecular flexibility index (Phi) is 10.5. The van der Waals surface area contributed by atoms with Crippen LogP contribution in [-0.4, -0.2) is 84.8 Å². The molecule has 0 radical (unpaired) electrons. The summed E-state index contributed by atoms with van der Waals surface area (Å²) in [6.45, 7) is 6.50. The van der Waals surface area contributed by atoms with Gasteiger partial charge in [-0.3, -0.25) is 9.59 Å². The van der Waals surface area contributed by atoms with Gasteiger partial charge in [0.1, 0.15) is 10.0 Å². The van der Waals surface area contributed by atoms with Crippen LogP contribution in [0.1, 0.15) is 58.7 Å². The Balaban J connectivity index is 0.880. The highest BCUT2D eigenvalue weighted by Crippen LogP contribution is 2.43. The fourth-order valence-corrected chi connectivity index (χ4v) is 8.34. The zero-order chi connectivity index (χ0) is 32.7. The minimum atomic E-state index is -0.105. The molecule has 3 fully saturated rings. The number of carbonyl (C=O) groups excluding carboxylic acids is 2. The van der Waals surface area contributed by atoms with E-state index in [4.69, 9.17) is 9.47 Å². The molecule has 0 bridgehead atoms. The van der Waals surface area contributed by atoms with Gasteiger partial charge in [-0.05, 0) is 54.7 Å². The van der Waals surface area contributed by atoms with E-state index in [1.807, 2.05) is 24.3 Å². The minimum Gasteiger partial charge on any atom is -0.378 e. The molecule has 7 rings (SSSR count). The first-order chi connectivity index (χ1) is 23.6. The number of ether oxygens (including phenoxy) is 2. The Morgan fingerprint density at radius 1 is 0.646 bits per heavy atom. The van der Waals surface area contributed by atoms with Crippen molar-refractivity contribution in [3.05, 3.63) is 69.7 Å². The molecule has 1 aliphatic carbocycles. The second-order valence-electron chi connectivity index (χ2n) is 12.4. The van der Waals surface area contributed by atoms with E-state index in [0.717, 1.165) is 111 Å². The summed E-state index contributed by atoms with van der Waals surface area (Å²) >= 11 is 2.90. The molecule has 4 aromatic rings. The Morgan fingerprint density at radius 2 is 1.06 bits per heavy atom. The van der Waals surface area contributed by atoms with Gasteiger partial charge in [0, 0.05) is 49.4 Å². The Hall–Kier alpha value is -3.98. The lowest BCUT2D eigenvalue weighted by Gasteiger charge is -2.28. The number of nitrogens with zero attached hydrogens (tertiary/aromatic N) is 6. The number of hydrogen-bond donors (Lipinski definition) is 2. The third-order valence-corrected chi connectivity index (χ3v) is 11.1. The van der Waals surface area contributed by atoms with Gasteiger partial charge in [0.25, 0.3) is 0 Å². The number of aromatic nitrogens is 4. The van der Waals surface area contributed by atoms with E-state index in [1.54, 1.807) is 0 Å². The van der Waals surface area contributed by atoms with Gasteiger partial charge in [-0.25, -0.2) is 0 Å². The topological polar surface area (TPSA) is 135 Å². The van der Waals surface area contributed by atoms with E-state index in [-0.39, 0.29) is 36.5 Å². The van der Waals surface area contributed by atoms with Crippen molar-refractivity contribution in [2.45, 2.75) is 50.4 Å². The van der Waals surface area contributed by atoms with Crippen LogP contribution in [0.15, 0.2) is 48.5 Å². The standard InChI is InChI=1S/C34H40N8O4S2/c43-29(20-23-4-8-27(9-5-23)41-12-16-45-17-13-41)35-33-39-37-31(47-33)25-2-1-3-26(22-25)32-38-40-34(48-32)36-30(44)21-24-6-10-28(11-7-24)42-14-18-46-19-15-42/h4-11,25-26H,1-3,12-22H2,(H,35,39,43)(H,36,40,44). The molecule has 2 aromatic carbocycles. The molecule has 2 aliphatic heterocycles. The van der Waals surface area contributed by atoms with Crippen LogP contribution in [0, 0.1) is 0 Å². The molecule has 2 N–H and O–H groups in total. The van der Waals surface area contributed by atoms with E-state index in [0.29, 0.717) is 10.3 Å². The van der Waals surface area contributed by atoms with Crippen LogP contribution in [0.5, 0.6) is 0 Å². The lowest BCUT2D eigenvalue weighted by molar-refractivity contribution is -0.116. The smallest absolute Gasteiger partial charge is 0.230 e. The maximum Gasteiger partial charge on any atom is 0.230 e. The fraction of sp³-hybridized carbons (Fsp3) is 0.471. The Morgan fingerprint density at radius 3 is 1.48 bits per heavy atom. The molecule has 3 aliphatic rings. The van der Waals surface area contributed by atoms with Gasteiger partial charge in [0.2, 0.25) is 22.1 Å². The average Bonchev–Trinajstić information content (AvgIpc) is 3.80. The normalized spacial score (nSPS) is 20.0. The third kappa shape index (κ3) is 8.35. The zero-order valence-electron chi connectivity index (χ0n) is 26.8. The second-order valence-corrected chi connectivity index (χ2v) is 14.5. The summed E-state index contributed by atoms with van der Waals surface area (Å²) < 4.78 is 10.9. The first-order valence-corrected chi connectivity index (χ1v) is 18.3. The van der Waals surface area contributed by atoms with Gasteiger partial charge in [-0.1, -0.05) is 53.4 Å². The molecule has 2 amide bonds. The van der Waals surface area contributed by atoms with Crippen LogP contribution in [0.4, 0.5) is 21.6 Å². The maximum absolute atomic E-state index is 12.8. The quantitative estimate of drug-likeness (QED) is 0.238. The summed E-state index contributed by atoms with van der Waals surface area (Å²) in [5.41, 5.74) is 4.21. The Bertz CT molecular complexity index is 1550. The van der Waals surface area contributed by atoms with Gasteiger partial charge in [0.15, 0.2) is 0 Å². The van der Waals surface area contributed by atoms with E-state index >= 15 is 0 Å². The highest BCUT2D eigenvalue weighted by atomic mass is 32.1. The number of amides is 2. The summed E-state index contributed by atoms with van der Waals surface area (Å²) in [6.07, 6.45) is 4.51. The predicted octanol–water partition coefficient (Wildman–Crippen LogP) is 4.87. The van der Waals surface area contributed by atoms with Crippen molar-refractivity contribution in [2.75, 3.05) is 73.0 Å². The lowest BCUT2D eigenvalue weighted by atomic mass is 9.82. The number of nitrogens with one attached hydrogen (secondary N) is 2. The number of carbonyl (C=O) groups is 2. The van der Waals surface area contributed by atoms with Crippen molar-refractivity contribution in [3.8, 4) is 0 Å². The lowest BCUT2D eigenvalue weighted by Crippen LogP contribution is -2.36. The first kappa shape index (κ1) is 32.6. The molecule has 2 aromatic heterocycles. The zero-order valence-corrected chi connectivity index (χ0v) is 28.4. The van der Waals surface area contributed by atoms with Crippen molar-refractivity contribution < 1.29 is 19.1 Å². The summed E-state index contributed by atoms with van der Waals surface area (Å²) in [5.74, 6) is 0.266. The summed E-state index contributed by atoms with van der Waals surface area (Å²) in [5, 5.41) is 26.3. The molecule has 4 heterocycles. The van der Waals surface area contributed by atoms with E-state index < -0.39 is 0 Å². The molecule has 48 heavy (non-hydrogen) atoms. The molecule has 12 nitrogen and oxygen atoms in total. The molecule has 2 atom stereocenters. The highest BCUT2D eigenvalue weighted by Gasteiger charge is 2.29. The maximum atomic E-state index is 12.8. The molecule has 2 saturated heterocycles. The Labute approximate surface area is 287 Å². The summed E-state index contributed by atoms with van der Waals surface area (Å²) in [4.78, 5) is 30.2. The molecular formula is C34H40N8O4S2. The number of morpholine rings is 2. The van der Waals surface area contributed by atoms with E-state index in [2.05, 4.69) is 65.1 Å². The van der Waals surface area contributed by atoms with Crippen LogP contribution < -0.4 is 20.4 Å². The van der Waals surface area contributed by atoms with Gasteiger partial charge in [-0.2, -0.15) is 0 Å². The van der Waals surface area contributed by atoms with Gasteiger partial charge in [0.05, 0.1) is 39.3 Å². The molecule has 2 unspecified atom stereocenters. The molecule has 0 spiro atoms.